The van der Waals surface area contributed by atoms with Crippen LogP contribution in [0.25, 0.3) is 0 Å². The van der Waals surface area contributed by atoms with Crippen LogP contribution < -0.4 is 10.6 Å². The number of pyridine rings is 1. The van der Waals surface area contributed by atoms with E-state index < -0.39 is 11.9 Å². The van der Waals surface area contributed by atoms with Gasteiger partial charge in [-0.3, -0.25) is 9.78 Å². The fraction of sp³-hybridized carbons (Fsp3) is 0.308. The second kappa shape index (κ2) is 9.75. The minimum atomic E-state index is -0.793. The first-order chi connectivity index (χ1) is 15.1. The van der Waals surface area contributed by atoms with Crippen molar-refractivity contribution in [3.05, 3.63) is 95.3 Å². The third-order valence-corrected chi connectivity index (χ3v) is 6.13. The minimum absolute atomic E-state index is 0.213. The summed E-state index contributed by atoms with van der Waals surface area (Å²) >= 11 is 0. The molecule has 1 aliphatic heterocycles. The van der Waals surface area contributed by atoms with Crippen LogP contribution in [0.1, 0.15) is 41.3 Å². The van der Waals surface area contributed by atoms with Gasteiger partial charge in [0.1, 0.15) is 0 Å². The number of hydrogen-bond donors (Lipinski definition) is 3. The van der Waals surface area contributed by atoms with Crippen LogP contribution in [0, 0.1) is 5.92 Å². The van der Waals surface area contributed by atoms with Gasteiger partial charge in [0.25, 0.3) is 0 Å². The zero-order chi connectivity index (χ0) is 21.6. The number of aromatic nitrogens is 1. The maximum atomic E-state index is 11.3. The first-order valence-electron chi connectivity index (χ1n) is 10.9. The third-order valence-electron chi connectivity index (χ3n) is 6.13. The first kappa shape index (κ1) is 21.1. The van der Waals surface area contributed by atoms with E-state index in [4.69, 9.17) is 0 Å². The van der Waals surface area contributed by atoms with Gasteiger partial charge in [-0.15, -0.1) is 0 Å². The highest BCUT2D eigenvalue weighted by Crippen LogP contribution is 2.31. The van der Waals surface area contributed by atoms with E-state index >= 15 is 0 Å². The van der Waals surface area contributed by atoms with Crippen molar-refractivity contribution in [3.63, 3.8) is 0 Å². The fourth-order valence-corrected chi connectivity index (χ4v) is 4.31. The molecular formula is C26H29N3O2. The lowest BCUT2D eigenvalue weighted by atomic mass is 9.86. The highest BCUT2D eigenvalue weighted by molar-refractivity contribution is 5.75. The Morgan fingerprint density at radius 3 is 2.74 bits per heavy atom. The molecule has 3 atom stereocenters. The Hall–Kier alpha value is -3.18. The number of nitrogens with one attached hydrogen (secondary N) is 2. The van der Waals surface area contributed by atoms with Crippen LogP contribution in [-0.4, -0.2) is 29.1 Å². The molecule has 5 nitrogen and oxygen atoms in total. The van der Waals surface area contributed by atoms with Crippen LogP contribution >= 0.6 is 0 Å². The van der Waals surface area contributed by atoms with Crippen molar-refractivity contribution in [2.45, 2.75) is 31.7 Å². The molecular weight excluding hydrogens is 386 g/mol. The molecule has 0 radical (unpaired) electrons. The van der Waals surface area contributed by atoms with Crippen molar-refractivity contribution in [1.29, 1.82) is 0 Å². The number of hydrogen-bond acceptors (Lipinski definition) is 4. The first-order valence-corrected chi connectivity index (χ1v) is 10.9. The predicted octanol–water partition coefficient (Wildman–Crippen LogP) is 4.43. The standard InChI is InChI=1S/C26H29N3O2/c1-18(26(30)31)21-10-5-7-19(15-21)12-14-28-25(20-8-3-2-4-9-20)22-16-24-23(29-17-22)11-6-13-27-24/h2-11,13,15,18,22,25,28-29H,12,14,16-17H2,1H3,(H,30,31)/t18?,22-,25-/m1/s1. The molecule has 1 unspecified atom stereocenters. The Balaban J connectivity index is 1.46. The number of anilines is 1. The molecule has 0 fully saturated rings. The van der Waals surface area contributed by atoms with Crippen LogP contribution in [0.2, 0.25) is 0 Å². The summed E-state index contributed by atoms with van der Waals surface area (Å²) < 4.78 is 0. The van der Waals surface area contributed by atoms with Crippen molar-refractivity contribution in [1.82, 2.24) is 10.3 Å². The summed E-state index contributed by atoms with van der Waals surface area (Å²) in [4.78, 5) is 15.9. The lowest BCUT2D eigenvalue weighted by Gasteiger charge is -2.33. The molecule has 5 heteroatoms. The zero-order valence-electron chi connectivity index (χ0n) is 17.8. The second-order valence-corrected chi connectivity index (χ2v) is 8.24. The maximum absolute atomic E-state index is 11.3. The summed E-state index contributed by atoms with van der Waals surface area (Å²) in [6.45, 7) is 3.44. The van der Waals surface area contributed by atoms with Gasteiger partial charge in [0.15, 0.2) is 0 Å². The smallest absolute Gasteiger partial charge is 0.310 e. The molecule has 4 rings (SSSR count). The van der Waals surface area contributed by atoms with Crippen LogP contribution in [-0.2, 0) is 17.6 Å². The van der Waals surface area contributed by atoms with Gasteiger partial charge in [-0.25, -0.2) is 0 Å². The van der Waals surface area contributed by atoms with E-state index in [1.807, 2.05) is 36.5 Å². The summed E-state index contributed by atoms with van der Waals surface area (Å²) in [5.74, 6) is -0.896. The highest BCUT2D eigenvalue weighted by Gasteiger charge is 2.27. The Kier molecular flexibility index (Phi) is 6.63. The largest absolute Gasteiger partial charge is 0.481 e. The zero-order valence-corrected chi connectivity index (χ0v) is 17.8. The van der Waals surface area contributed by atoms with Crippen LogP contribution in [0.15, 0.2) is 72.9 Å². The number of benzene rings is 2. The number of carbonyl (C=O) groups is 1. The molecule has 1 aromatic heterocycles. The van der Waals surface area contributed by atoms with Crippen molar-refractivity contribution in [2.75, 3.05) is 18.4 Å². The normalized spacial score (nSPS) is 17.3. The third kappa shape index (κ3) is 5.12. The number of rotatable bonds is 8. The van der Waals surface area contributed by atoms with E-state index in [1.54, 1.807) is 6.92 Å². The average molecular weight is 416 g/mol. The van der Waals surface area contributed by atoms with Crippen molar-refractivity contribution in [3.8, 4) is 0 Å². The molecule has 3 N–H and O–H groups in total. The van der Waals surface area contributed by atoms with E-state index in [-0.39, 0.29) is 6.04 Å². The molecule has 0 aliphatic carbocycles. The molecule has 0 saturated carbocycles. The summed E-state index contributed by atoms with van der Waals surface area (Å²) in [7, 11) is 0. The molecule has 0 saturated heterocycles. The molecule has 2 aromatic carbocycles. The SMILES string of the molecule is CC(C(=O)O)c1cccc(CCN[C@H](c2ccccc2)[C@H]2CNc3cccnc3C2)c1. The second-order valence-electron chi connectivity index (χ2n) is 8.24. The van der Waals surface area contributed by atoms with Gasteiger partial charge in [0.05, 0.1) is 17.3 Å². The Labute approximate surface area is 183 Å². The van der Waals surface area contributed by atoms with E-state index in [2.05, 4.69) is 52.0 Å². The lowest BCUT2D eigenvalue weighted by Crippen LogP contribution is -2.37. The molecule has 2 heterocycles. The van der Waals surface area contributed by atoms with Crippen LogP contribution in [0.4, 0.5) is 5.69 Å². The van der Waals surface area contributed by atoms with Gasteiger partial charge >= 0.3 is 5.97 Å². The Bertz CT molecular complexity index is 1020. The highest BCUT2D eigenvalue weighted by atomic mass is 16.4. The topological polar surface area (TPSA) is 74.2 Å². The molecule has 0 spiro atoms. The monoisotopic (exact) mass is 415 g/mol. The number of carboxylic acids is 1. The number of aliphatic carboxylic acids is 1. The van der Waals surface area contributed by atoms with Crippen molar-refractivity contribution >= 4 is 11.7 Å². The average Bonchev–Trinajstić information content (AvgIpc) is 2.82. The van der Waals surface area contributed by atoms with Gasteiger partial charge in [-0.05, 0) is 55.1 Å². The van der Waals surface area contributed by atoms with Crippen molar-refractivity contribution < 1.29 is 9.90 Å². The van der Waals surface area contributed by atoms with Gasteiger partial charge in [-0.2, -0.15) is 0 Å². The number of nitrogens with zero attached hydrogens (tertiary/aromatic N) is 1. The maximum Gasteiger partial charge on any atom is 0.310 e. The van der Waals surface area contributed by atoms with Crippen LogP contribution in [0.3, 0.4) is 0 Å². The lowest BCUT2D eigenvalue weighted by molar-refractivity contribution is -0.138. The Morgan fingerprint density at radius 2 is 1.94 bits per heavy atom. The summed E-state index contributed by atoms with van der Waals surface area (Å²) in [5, 5.41) is 16.6. The number of fused-ring (bicyclic) bond motifs is 1. The fourth-order valence-electron chi connectivity index (χ4n) is 4.31. The molecule has 160 valence electrons. The van der Waals surface area contributed by atoms with Gasteiger partial charge in [-0.1, -0.05) is 54.6 Å². The van der Waals surface area contributed by atoms with Crippen molar-refractivity contribution in [2.24, 2.45) is 5.92 Å². The molecule has 0 bridgehead atoms. The van der Waals surface area contributed by atoms with E-state index in [1.165, 1.54) is 5.56 Å². The molecule has 31 heavy (non-hydrogen) atoms. The molecule has 1 aliphatic rings. The molecule has 0 amide bonds. The minimum Gasteiger partial charge on any atom is -0.481 e. The van der Waals surface area contributed by atoms with Gasteiger partial charge in [0, 0.05) is 24.7 Å². The summed E-state index contributed by atoms with van der Waals surface area (Å²) in [6.07, 6.45) is 3.64. The van der Waals surface area contributed by atoms with E-state index in [0.29, 0.717) is 5.92 Å². The van der Waals surface area contributed by atoms with E-state index in [9.17, 15) is 9.90 Å². The predicted molar refractivity (Wildman–Crippen MR) is 123 cm³/mol. The Morgan fingerprint density at radius 1 is 1.13 bits per heavy atom. The molecule has 3 aromatic rings. The quantitative estimate of drug-likeness (QED) is 0.508. The summed E-state index contributed by atoms with van der Waals surface area (Å²) in [5.41, 5.74) is 5.54. The summed E-state index contributed by atoms with van der Waals surface area (Å²) in [6, 6.07) is 22.8. The van der Waals surface area contributed by atoms with Crippen LogP contribution in [0.5, 0.6) is 0 Å². The van der Waals surface area contributed by atoms with Gasteiger partial charge < -0.3 is 15.7 Å². The van der Waals surface area contributed by atoms with E-state index in [0.717, 1.165) is 48.4 Å². The number of carboxylic acid groups (broad SMARTS) is 1. The van der Waals surface area contributed by atoms with Gasteiger partial charge in [0.2, 0.25) is 0 Å².